The van der Waals surface area contributed by atoms with E-state index < -0.39 is 0 Å². The van der Waals surface area contributed by atoms with Gasteiger partial charge in [-0.3, -0.25) is 9.58 Å². The monoisotopic (exact) mass is 355 g/mol. The highest BCUT2D eigenvalue weighted by molar-refractivity contribution is 5.62. The van der Waals surface area contributed by atoms with Crippen LogP contribution >= 0.6 is 0 Å². The average Bonchev–Trinajstić information content (AvgIpc) is 3.14. The molecule has 1 fully saturated rings. The average molecular weight is 355 g/mol. The van der Waals surface area contributed by atoms with Gasteiger partial charge in [0.25, 0.3) is 0 Å². The van der Waals surface area contributed by atoms with Gasteiger partial charge in [-0.25, -0.2) is 9.97 Å². The summed E-state index contributed by atoms with van der Waals surface area (Å²) in [5, 5.41) is 16.3. The molecule has 2 aromatic heterocycles. The van der Waals surface area contributed by atoms with Crippen LogP contribution in [0, 0.1) is 18.3 Å². The fourth-order valence-electron chi connectivity index (χ4n) is 2.92. The van der Waals surface area contributed by atoms with Gasteiger partial charge in [-0.2, -0.15) is 10.4 Å². The third-order valence-electron chi connectivity index (χ3n) is 4.37. The zero-order valence-electron chi connectivity index (χ0n) is 15.2. The highest BCUT2D eigenvalue weighted by Gasteiger charge is 2.11. The van der Waals surface area contributed by atoms with Gasteiger partial charge in [0.15, 0.2) is 0 Å². The summed E-state index contributed by atoms with van der Waals surface area (Å²) < 4.78 is 7.14. The van der Waals surface area contributed by atoms with E-state index in [4.69, 9.17) is 10.00 Å². The van der Waals surface area contributed by atoms with Crippen molar-refractivity contribution in [3.63, 3.8) is 0 Å². The summed E-state index contributed by atoms with van der Waals surface area (Å²) in [6, 6.07) is 2.13. The van der Waals surface area contributed by atoms with Gasteiger partial charge < -0.3 is 10.1 Å². The highest BCUT2D eigenvalue weighted by atomic mass is 16.5. The van der Waals surface area contributed by atoms with Crippen LogP contribution in [-0.2, 0) is 11.3 Å². The third kappa shape index (κ3) is 5.00. The first kappa shape index (κ1) is 18.3. The molecule has 1 saturated heterocycles. The van der Waals surface area contributed by atoms with Gasteiger partial charge in [0.1, 0.15) is 0 Å². The lowest BCUT2D eigenvalue weighted by Crippen LogP contribution is -2.37. The van der Waals surface area contributed by atoms with Crippen LogP contribution in [0.3, 0.4) is 0 Å². The van der Waals surface area contributed by atoms with E-state index in [1.54, 1.807) is 10.9 Å². The van der Waals surface area contributed by atoms with E-state index in [0.29, 0.717) is 18.9 Å². The number of rotatable bonds is 8. The van der Waals surface area contributed by atoms with Crippen LogP contribution in [0.4, 0.5) is 5.95 Å². The Morgan fingerprint density at radius 2 is 2.12 bits per heavy atom. The maximum Gasteiger partial charge on any atom is 0.223 e. The standard InChI is InChI=1S/C18H25N7O/c1-15-12-21-18(20-5-3-6-24-8-10-26-11-9-24)23-17(15)16-13-22-25(14-16)7-2-4-19/h12-14H,2-3,5-11H2,1H3,(H,20,21,23). The molecule has 0 bridgehead atoms. The number of aryl methyl sites for hydroxylation is 2. The van der Waals surface area contributed by atoms with E-state index in [0.717, 1.165) is 62.6 Å². The highest BCUT2D eigenvalue weighted by Crippen LogP contribution is 2.21. The van der Waals surface area contributed by atoms with Gasteiger partial charge in [-0.05, 0) is 25.5 Å². The predicted octanol–water partition coefficient (Wildman–Crippen LogP) is 1.70. The quantitative estimate of drug-likeness (QED) is 0.721. The number of nitrogens with zero attached hydrogens (tertiary/aromatic N) is 6. The smallest absolute Gasteiger partial charge is 0.223 e. The number of ether oxygens (including phenoxy) is 1. The maximum atomic E-state index is 8.69. The van der Waals surface area contributed by atoms with Crippen LogP contribution in [-0.4, -0.2) is 64.0 Å². The summed E-state index contributed by atoms with van der Waals surface area (Å²) in [5.74, 6) is 0.636. The predicted molar refractivity (Wildman–Crippen MR) is 98.6 cm³/mol. The maximum absolute atomic E-state index is 8.69. The zero-order chi connectivity index (χ0) is 18.2. The molecule has 1 aliphatic rings. The molecule has 0 unspecified atom stereocenters. The zero-order valence-corrected chi connectivity index (χ0v) is 15.2. The molecule has 0 aromatic carbocycles. The van der Waals surface area contributed by atoms with Gasteiger partial charge in [0.05, 0.1) is 44.1 Å². The Bertz CT molecular complexity index is 746. The van der Waals surface area contributed by atoms with Gasteiger partial charge in [-0.15, -0.1) is 0 Å². The number of morpholine rings is 1. The fraction of sp³-hybridized carbons (Fsp3) is 0.556. The second-order valence-electron chi connectivity index (χ2n) is 6.36. The summed E-state index contributed by atoms with van der Waals surface area (Å²) in [6.07, 6.45) is 7.03. The number of anilines is 1. The first-order valence-electron chi connectivity index (χ1n) is 9.03. The molecule has 3 rings (SSSR count). The van der Waals surface area contributed by atoms with Crippen LogP contribution in [0.15, 0.2) is 18.6 Å². The molecule has 1 N–H and O–H groups in total. The molecule has 0 amide bonds. The molecule has 0 aliphatic carbocycles. The van der Waals surface area contributed by atoms with E-state index in [2.05, 4.69) is 31.4 Å². The summed E-state index contributed by atoms with van der Waals surface area (Å²) in [5.41, 5.74) is 2.82. The second-order valence-corrected chi connectivity index (χ2v) is 6.36. The molecule has 8 nitrogen and oxygen atoms in total. The fourth-order valence-corrected chi connectivity index (χ4v) is 2.92. The molecule has 0 radical (unpaired) electrons. The van der Waals surface area contributed by atoms with Crippen molar-refractivity contribution in [1.82, 2.24) is 24.6 Å². The normalized spacial score (nSPS) is 14.9. The molecule has 1 aliphatic heterocycles. The Hall–Kier alpha value is -2.50. The lowest BCUT2D eigenvalue weighted by molar-refractivity contribution is 0.0378. The molecule has 26 heavy (non-hydrogen) atoms. The van der Waals surface area contributed by atoms with E-state index in [1.165, 1.54) is 0 Å². The number of aromatic nitrogens is 4. The first-order valence-corrected chi connectivity index (χ1v) is 9.03. The van der Waals surface area contributed by atoms with Crippen molar-refractivity contribution in [2.45, 2.75) is 26.3 Å². The van der Waals surface area contributed by atoms with Gasteiger partial charge >= 0.3 is 0 Å². The van der Waals surface area contributed by atoms with E-state index in [1.807, 2.05) is 19.3 Å². The van der Waals surface area contributed by atoms with Crippen LogP contribution in [0.1, 0.15) is 18.4 Å². The second kappa shape index (κ2) is 9.27. The molecule has 3 heterocycles. The summed E-state index contributed by atoms with van der Waals surface area (Å²) >= 11 is 0. The number of hydrogen-bond acceptors (Lipinski definition) is 7. The Labute approximate surface area is 153 Å². The van der Waals surface area contributed by atoms with Crippen LogP contribution in [0.5, 0.6) is 0 Å². The van der Waals surface area contributed by atoms with E-state index in [-0.39, 0.29) is 0 Å². The summed E-state index contributed by atoms with van der Waals surface area (Å²) in [6.45, 7) is 8.17. The van der Waals surface area contributed by atoms with Crippen molar-refractivity contribution >= 4 is 5.95 Å². The molecule has 0 atom stereocenters. The van der Waals surface area contributed by atoms with Crippen molar-refractivity contribution in [2.24, 2.45) is 0 Å². The molecule has 0 saturated carbocycles. The molecular weight excluding hydrogens is 330 g/mol. The molecule has 2 aromatic rings. The number of hydrogen-bond donors (Lipinski definition) is 1. The number of nitriles is 1. The molecule has 138 valence electrons. The Morgan fingerprint density at radius 3 is 2.92 bits per heavy atom. The van der Waals surface area contributed by atoms with Gasteiger partial charge in [0.2, 0.25) is 5.95 Å². The van der Waals surface area contributed by atoms with Gasteiger partial charge in [0, 0.05) is 37.6 Å². The topological polar surface area (TPSA) is 91.9 Å². The Kier molecular flexibility index (Phi) is 6.52. The van der Waals surface area contributed by atoms with Crippen LogP contribution in [0.25, 0.3) is 11.3 Å². The lowest BCUT2D eigenvalue weighted by Gasteiger charge is -2.26. The van der Waals surface area contributed by atoms with Crippen molar-refractivity contribution in [2.75, 3.05) is 44.7 Å². The third-order valence-corrected chi connectivity index (χ3v) is 4.37. The minimum atomic E-state index is 0.444. The molecule has 8 heteroatoms. The van der Waals surface area contributed by atoms with Crippen molar-refractivity contribution in [3.8, 4) is 17.3 Å². The molecule has 0 spiro atoms. The van der Waals surface area contributed by atoms with E-state index >= 15 is 0 Å². The SMILES string of the molecule is Cc1cnc(NCCCN2CCOCC2)nc1-c1cnn(CCC#N)c1. The van der Waals surface area contributed by atoms with Crippen LogP contribution < -0.4 is 5.32 Å². The lowest BCUT2D eigenvalue weighted by atomic mass is 10.1. The van der Waals surface area contributed by atoms with E-state index in [9.17, 15) is 0 Å². The summed E-state index contributed by atoms with van der Waals surface area (Å²) in [4.78, 5) is 11.4. The Morgan fingerprint density at radius 1 is 1.27 bits per heavy atom. The first-order chi connectivity index (χ1) is 12.8. The Balaban J connectivity index is 1.55. The van der Waals surface area contributed by atoms with Gasteiger partial charge in [-0.1, -0.05) is 0 Å². The van der Waals surface area contributed by atoms with Crippen LogP contribution in [0.2, 0.25) is 0 Å². The minimum Gasteiger partial charge on any atom is -0.379 e. The largest absolute Gasteiger partial charge is 0.379 e. The summed E-state index contributed by atoms with van der Waals surface area (Å²) in [7, 11) is 0. The van der Waals surface area contributed by atoms with Crippen molar-refractivity contribution < 1.29 is 4.74 Å². The minimum absolute atomic E-state index is 0.444. The number of nitrogens with one attached hydrogen (secondary N) is 1. The van der Waals surface area contributed by atoms with Crippen molar-refractivity contribution in [3.05, 3.63) is 24.2 Å². The molecular formula is C18H25N7O. The van der Waals surface area contributed by atoms with Crippen molar-refractivity contribution in [1.29, 1.82) is 5.26 Å².